The van der Waals surface area contributed by atoms with Crippen LogP contribution in [0.25, 0.3) is 0 Å². The van der Waals surface area contributed by atoms with Crippen LogP contribution in [0.4, 0.5) is 0 Å². The highest BCUT2D eigenvalue weighted by Gasteiger charge is 2.35. The van der Waals surface area contributed by atoms with Crippen LogP contribution in [-0.2, 0) is 4.79 Å². The first-order valence-corrected chi connectivity index (χ1v) is 11.9. The van der Waals surface area contributed by atoms with Crippen LogP contribution in [-0.4, -0.2) is 36.5 Å². The Morgan fingerprint density at radius 1 is 1.04 bits per heavy atom. The Morgan fingerprint density at radius 3 is 2.71 bits per heavy atom. The molecule has 1 amide bonds. The van der Waals surface area contributed by atoms with E-state index in [-0.39, 0.29) is 0 Å². The number of rotatable bonds is 10. The molecule has 1 aliphatic heterocycles. The van der Waals surface area contributed by atoms with Gasteiger partial charge in [0.05, 0.1) is 5.82 Å². The van der Waals surface area contributed by atoms with Crippen molar-refractivity contribution in [1.82, 2.24) is 15.5 Å². The molecule has 2 atom stereocenters. The molecule has 3 rings (SSSR count). The number of likely N-dealkylation sites (tertiary alicyclic amines) is 1. The average Bonchev–Trinajstić information content (AvgIpc) is 2.73. The van der Waals surface area contributed by atoms with Crippen LogP contribution in [0, 0.1) is 5.92 Å². The number of nitrogens with zero attached hydrogens (tertiary/aromatic N) is 1. The third kappa shape index (κ3) is 6.56. The van der Waals surface area contributed by atoms with E-state index in [0.29, 0.717) is 18.4 Å². The van der Waals surface area contributed by atoms with Gasteiger partial charge in [-0.25, -0.2) is 0 Å². The van der Waals surface area contributed by atoms with Crippen LogP contribution in [0.5, 0.6) is 0 Å². The summed E-state index contributed by atoms with van der Waals surface area (Å²) in [6.45, 7) is 6.93. The number of hydrogen-bond donors (Lipinski definition) is 2. The first-order valence-electron chi connectivity index (χ1n) is 11.9. The number of amides is 1. The Bertz CT molecular complexity index is 540. The maximum Gasteiger partial charge on any atom is 0.222 e. The Morgan fingerprint density at radius 2 is 1.86 bits per heavy atom. The van der Waals surface area contributed by atoms with Gasteiger partial charge in [-0.3, -0.25) is 4.79 Å². The Labute approximate surface area is 172 Å². The first-order chi connectivity index (χ1) is 13.7. The van der Waals surface area contributed by atoms with Gasteiger partial charge in [0.1, 0.15) is 0 Å². The lowest BCUT2D eigenvalue weighted by atomic mass is 9.78. The van der Waals surface area contributed by atoms with Crippen LogP contribution >= 0.6 is 0 Å². The molecule has 2 fully saturated rings. The van der Waals surface area contributed by atoms with E-state index in [4.69, 9.17) is 0 Å². The van der Waals surface area contributed by atoms with Crippen molar-refractivity contribution in [2.75, 3.05) is 19.6 Å². The zero-order valence-electron chi connectivity index (χ0n) is 17.8. The molecule has 0 spiro atoms. The predicted molar refractivity (Wildman–Crippen MR) is 117 cm³/mol. The van der Waals surface area contributed by atoms with Crippen molar-refractivity contribution < 1.29 is 4.79 Å². The SMILES string of the molecule is C=C(NCCCCC(=O)N1CCCC2CCCCC21)NCCC1=CCCCC1. The first kappa shape index (κ1) is 21.3. The Hall–Kier alpha value is -1.45. The van der Waals surface area contributed by atoms with E-state index in [0.717, 1.165) is 50.6 Å². The predicted octanol–water partition coefficient (Wildman–Crippen LogP) is 4.88. The largest absolute Gasteiger partial charge is 0.372 e. The van der Waals surface area contributed by atoms with E-state index >= 15 is 0 Å². The summed E-state index contributed by atoms with van der Waals surface area (Å²) >= 11 is 0. The fourth-order valence-corrected chi connectivity index (χ4v) is 5.29. The van der Waals surface area contributed by atoms with Crippen molar-refractivity contribution >= 4 is 5.91 Å². The lowest BCUT2D eigenvalue weighted by molar-refractivity contribution is -0.137. The van der Waals surface area contributed by atoms with Crippen LogP contribution in [0.15, 0.2) is 24.0 Å². The molecule has 0 aromatic carbocycles. The van der Waals surface area contributed by atoms with E-state index in [1.165, 1.54) is 64.2 Å². The summed E-state index contributed by atoms with van der Waals surface area (Å²) in [5, 5.41) is 6.76. The van der Waals surface area contributed by atoms with Crippen molar-refractivity contribution in [1.29, 1.82) is 0 Å². The second kappa shape index (κ2) is 11.5. The smallest absolute Gasteiger partial charge is 0.222 e. The molecule has 3 aliphatic rings. The minimum absolute atomic E-state index is 0.398. The summed E-state index contributed by atoms with van der Waals surface area (Å²) in [5.41, 5.74) is 1.60. The van der Waals surface area contributed by atoms with Gasteiger partial charge in [-0.05, 0) is 76.5 Å². The van der Waals surface area contributed by atoms with Gasteiger partial charge >= 0.3 is 0 Å². The average molecular weight is 388 g/mol. The Kier molecular flexibility index (Phi) is 8.75. The van der Waals surface area contributed by atoms with Gasteiger partial charge in [0, 0.05) is 32.1 Å². The highest BCUT2D eigenvalue weighted by molar-refractivity contribution is 5.76. The standard InChI is InChI=1S/C24H41N3O/c1-20(26-18-16-21-10-3-2-4-11-21)25-17-8-7-15-24(28)27-19-9-13-22-12-5-6-14-23(22)27/h10,22-23,25-26H,1-9,11-19H2. The molecule has 0 bridgehead atoms. The number of piperidine rings is 1. The molecule has 0 aromatic heterocycles. The van der Waals surface area contributed by atoms with Gasteiger partial charge in [-0.1, -0.05) is 31.1 Å². The summed E-state index contributed by atoms with van der Waals surface area (Å²) < 4.78 is 0. The minimum Gasteiger partial charge on any atom is -0.372 e. The van der Waals surface area contributed by atoms with E-state index in [1.807, 2.05) is 0 Å². The van der Waals surface area contributed by atoms with Gasteiger partial charge < -0.3 is 15.5 Å². The number of unbranched alkanes of at least 4 members (excludes halogenated alkanes) is 1. The van der Waals surface area contributed by atoms with Crippen LogP contribution in [0.1, 0.15) is 89.9 Å². The monoisotopic (exact) mass is 387 g/mol. The van der Waals surface area contributed by atoms with Crippen molar-refractivity contribution in [2.45, 2.75) is 95.9 Å². The third-order valence-electron chi connectivity index (χ3n) is 6.89. The summed E-state index contributed by atoms with van der Waals surface area (Å²) in [7, 11) is 0. The van der Waals surface area contributed by atoms with Crippen LogP contribution in [0.3, 0.4) is 0 Å². The summed E-state index contributed by atoms with van der Waals surface area (Å²) in [5.74, 6) is 2.10. The van der Waals surface area contributed by atoms with Crippen molar-refractivity contribution in [3.8, 4) is 0 Å². The molecular formula is C24H41N3O. The third-order valence-corrected chi connectivity index (χ3v) is 6.89. The quantitative estimate of drug-likeness (QED) is 0.415. The lowest BCUT2D eigenvalue weighted by Gasteiger charge is -2.44. The fourth-order valence-electron chi connectivity index (χ4n) is 5.29. The zero-order valence-corrected chi connectivity index (χ0v) is 17.8. The maximum atomic E-state index is 12.7. The number of nitrogens with one attached hydrogen (secondary N) is 2. The Balaban J connectivity index is 1.23. The van der Waals surface area contributed by atoms with Crippen molar-refractivity contribution in [2.24, 2.45) is 5.92 Å². The van der Waals surface area contributed by atoms with Gasteiger partial charge in [-0.15, -0.1) is 0 Å². The van der Waals surface area contributed by atoms with Crippen LogP contribution in [0.2, 0.25) is 0 Å². The molecule has 1 heterocycles. The molecule has 4 heteroatoms. The molecule has 2 N–H and O–H groups in total. The molecule has 1 saturated carbocycles. The van der Waals surface area contributed by atoms with E-state index in [1.54, 1.807) is 5.57 Å². The highest BCUT2D eigenvalue weighted by atomic mass is 16.2. The van der Waals surface area contributed by atoms with Crippen molar-refractivity contribution in [3.05, 3.63) is 24.0 Å². The molecule has 2 aliphatic carbocycles. The zero-order chi connectivity index (χ0) is 19.6. The number of fused-ring (bicyclic) bond motifs is 1. The molecule has 28 heavy (non-hydrogen) atoms. The maximum absolute atomic E-state index is 12.7. The van der Waals surface area contributed by atoms with E-state index in [9.17, 15) is 4.79 Å². The van der Waals surface area contributed by atoms with Gasteiger partial charge in [0.25, 0.3) is 0 Å². The molecular weight excluding hydrogens is 346 g/mol. The van der Waals surface area contributed by atoms with Gasteiger partial charge in [0.15, 0.2) is 0 Å². The molecule has 2 unspecified atom stereocenters. The van der Waals surface area contributed by atoms with Gasteiger partial charge in [0.2, 0.25) is 5.91 Å². The molecule has 0 radical (unpaired) electrons. The summed E-state index contributed by atoms with van der Waals surface area (Å²) in [6.07, 6.45) is 19.3. The number of carbonyl (C=O) groups excluding carboxylic acids is 1. The second-order valence-corrected chi connectivity index (χ2v) is 8.99. The highest BCUT2D eigenvalue weighted by Crippen LogP contribution is 2.35. The molecule has 1 saturated heterocycles. The van der Waals surface area contributed by atoms with Crippen molar-refractivity contribution in [3.63, 3.8) is 0 Å². The normalized spacial score (nSPS) is 24.9. The second-order valence-electron chi connectivity index (χ2n) is 8.99. The summed E-state index contributed by atoms with van der Waals surface area (Å²) in [4.78, 5) is 14.9. The van der Waals surface area contributed by atoms with E-state index in [2.05, 4.69) is 28.2 Å². The molecule has 158 valence electrons. The van der Waals surface area contributed by atoms with E-state index < -0.39 is 0 Å². The topological polar surface area (TPSA) is 44.4 Å². The lowest BCUT2D eigenvalue weighted by Crippen LogP contribution is -2.49. The van der Waals surface area contributed by atoms with Crippen LogP contribution < -0.4 is 10.6 Å². The fraction of sp³-hybridized carbons (Fsp3) is 0.792. The number of carbonyl (C=O) groups is 1. The van der Waals surface area contributed by atoms with Gasteiger partial charge in [-0.2, -0.15) is 0 Å². The number of hydrogen-bond acceptors (Lipinski definition) is 3. The summed E-state index contributed by atoms with van der Waals surface area (Å²) in [6, 6.07) is 0.552. The minimum atomic E-state index is 0.398. The number of allylic oxidation sites excluding steroid dienone is 1. The molecule has 4 nitrogen and oxygen atoms in total. The molecule has 0 aromatic rings.